The molecule has 4 heterocycles. The molecule has 2 unspecified atom stereocenters. The highest BCUT2D eigenvalue weighted by molar-refractivity contribution is 7.22. The minimum absolute atomic E-state index is 0.0570. The number of carboxylic acid groups (broad SMARTS) is 1. The summed E-state index contributed by atoms with van der Waals surface area (Å²) in [6.07, 6.45) is 8.90. The molecule has 1 amide bonds. The molecule has 1 aliphatic heterocycles. The van der Waals surface area contributed by atoms with Crippen LogP contribution in [-0.2, 0) is 19.5 Å². The fourth-order valence-corrected chi connectivity index (χ4v) is 7.90. The molecular formula is C35H30N6O4S. The number of aromatic nitrogens is 4. The third kappa shape index (κ3) is 4.66. The van der Waals surface area contributed by atoms with E-state index in [0.29, 0.717) is 65.9 Å². The number of benzene rings is 2. The maximum Gasteiger partial charge on any atom is 0.355 e. The molecule has 0 bridgehead atoms. The van der Waals surface area contributed by atoms with Crippen LogP contribution in [0.4, 0.5) is 10.9 Å². The van der Waals surface area contributed by atoms with Gasteiger partial charge in [0.05, 0.1) is 28.7 Å². The first-order chi connectivity index (χ1) is 22.3. The van der Waals surface area contributed by atoms with Crippen LogP contribution in [0.3, 0.4) is 0 Å². The van der Waals surface area contributed by atoms with E-state index >= 15 is 0 Å². The molecule has 2 atom stereocenters. The van der Waals surface area contributed by atoms with Crippen molar-refractivity contribution in [3.63, 3.8) is 0 Å². The van der Waals surface area contributed by atoms with Crippen LogP contribution in [-0.4, -0.2) is 48.4 Å². The van der Waals surface area contributed by atoms with Crippen LogP contribution >= 0.6 is 11.3 Å². The SMILES string of the molecule is CC1C2=C(O)CC=CC21Cn1cc(-c2ccc(N3CCc4cccc(C(=O)Nc5nc6ccccc6s5)c4C3)nc2C(=O)O)cn1. The third-order valence-corrected chi connectivity index (χ3v) is 10.4. The molecule has 46 heavy (non-hydrogen) atoms. The van der Waals surface area contributed by atoms with Crippen LogP contribution in [0.1, 0.15) is 45.3 Å². The normalized spacial score (nSPS) is 20.0. The van der Waals surface area contributed by atoms with Crippen molar-refractivity contribution in [1.29, 1.82) is 0 Å². The molecule has 0 radical (unpaired) electrons. The smallest absolute Gasteiger partial charge is 0.355 e. The summed E-state index contributed by atoms with van der Waals surface area (Å²) in [4.78, 5) is 37.1. The Morgan fingerprint density at radius 3 is 2.83 bits per heavy atom. The number of carbonyl (C=O) groups is 2. The Balaban J connectivity index is 1.04. The highest BCUT2D eigenvalue weighted by Crippen LogP contribution is 2.63. The molecule has 11 heteroatoms. The number of thiazole rings is 1. The van der Waals surface area contributed by atoms with Gasteiger partial charge in [0.25, 0.3) is 5.91 Å². The summed E-state index contributed by atoms with van der Waals surface area (Å²) >= 11 is 1.43. The van der Waals surface area contributed by atoms with E-state index in [1.807, 2.05) is 70.4 Å². The van der Waals surface area contributed by atoms with Gasteiger partial charge in [-0.25, -0.2) is 14.8 Å². The zero-order valence-electron chi connectivity index (χ0n) is 25.0. The van der Waals surface area contributed by atoms with Crippen LogP contribution in [0.5, 0.6) is 0 Å². The monoisotopic (exact) mass is 630 g/mol. The Morgan fingerprint density at radius 2 is 1.98 bits per heavy atom. The number of hydrogen-bond acceptors (Lipinski definition) is 8. The molecule has 3 aliphatic rings. The van der Waals surface area contributed by atoms with Gasteiger partial charge in [0.15, 0.2) is 10.8 Å². The summed E-state index contributed by atoms with van der Waals surface area (Å²) in [6, 6.07) is 17.1. The summed E-state index contributed by atoms with van der Waals surface area (Å²) in [7, 11) is 0. The number of fused-ring (bicyclic) bond motifs is 3. The summed E-state index contributed by atoms with van der Waals surface area (Å²) in [5, 5.41) is 28.6. The van der Waals surface area contributed by atoms with E-state index in [9.17, 15) is 19.8 Å². The fraction of sp³-hybridized carbons (Fsp3) is 0.229. The molecule has 3 aromatic heterocycles. The number of anilines is 2. The second kappa shape index (κ2) is 10.7. The average molecular weight is 631 g/mol. The number of aliphatic hydroxyl groups is 1. The number of hydrogen-bond donors (Lipinski definition) is 3. The lowest BCUT2D eigenvalue weighted by atomic mass is 9.94. The van der Waals surface area contributed by atoms with Crippen molar-refractivity contribution in [3.8, 4) is 11.1 Å². The minimum atomic E-state index is -1.13. The van der Waals surface area contributed by atoms with Gasteiger partial charge in [0.1, 0.15) is 5.82 Å². The Hall–Kier alpha value is -5.29. The molecule has 0 spiro atoms. The van der Waals surface area contributed by atoms with Crippen molar-refractivity contribution in [2.45, 2.75) is 32.9 Å². The number of nitrogens with zero attached hydrogens (tertiary/aromatic N) is 5. The first kappa shape index (κ1) is 28.2. The van der Waals surface area contributed by atoms with Crippen LogP contribution < -0.4 is 10.2 Å². The second-order valence-corrected chi connectivity index (χ2v) is 13.1. The molecule has 0 saturated heterocycles. The Bertz CT molecular complexity index is 2100. The number of aliphatic hydroxyl groups excluding tert-OH is 1. The molecule has 230 valence electrons. The highest BCUT2D eigenvalue weighted by atomic mass is 32.1. The van der Waals surface area contributed by atoms with Crippen molar-refractivity contribution in [1.82, 2.24) is 19.7 Å². The van der Waals surface area contributed by atoms with Crippen molar-refractivity contribution in [2.75, 3.05) is 16.8 Å². The molecule has 2 aliphatic carbocycles. The van der Waals surface area contributed by atoms with Gasteiger partial charge in [-0.2, -0.15) is 5.10 Å². The quantitative estimate of drug-likeness (QED) is 0.174. The lowest BCUT2D eigenvalue weighted by Gasteiger charge is -2.31. The van der Waals surface area contributed by atoms with Crippen molar-refractivity contribution in [3.05, 3.63) is 113 Å². The van der Waals surface area contributed by atoms with Crippen molar-refractivity contribution >= 4 is 44.4 Å². The molecule has 1 fully saturated rings. The number of aromatic carboxylic acids is 1. The summed E-state index contributed by atoms with van der Waals surface area (Å²) < 4.78 is 2.81. The van der Waals surface area contributed by atoms with Gasteiger partial charge in [-0.15, -0.1) is 0 Å². The lowest BCUT2D eigenvalue weighted by Crippen LogP contribution is -2.33. The number of amides is 1. The van der Waals surface area contributed by atoms with Crippen LogP contribution in [0.25, 0.3) is 21.3 Å². The van der Waals surface area contributed by atoms with E-state index in [2.05, 4.69) is 33.4 Å². The van der Waals surface area contributed by atoms with Gasteiger partial charge in [-0.05, 0) is 59.4 Å². The minimum Gasteiger partial charge on any atom is -0.512 e. The van der Waals surface area contributed by atoms with Crippen LogP contribution in [0.2, 0.25) is 0 Å². The van der Waals surface area contributed by atoms with Gasteiger partial charge in [-0.3, -0.25) is 14.8 Å². The molecule has 10 nitrogen and oxygen atoms in total. The highest BCUT2D eigenvalue weighted by Gasteiger charge is 2.58. The number of para-hydroxylation sites is 1. The summed E-state index contributed by atoms with van der Waals surface area (Å²) in [5.74, 6) is -0.146. The Kier molecular flexibility index (Phi) is 6.54. The Morgan fingerprint density at radius 1 is 1.11 bits per heavy atom. The first-order valence-electron chi connectivity index (χ1n) is 15.2. The Labute approximate surface area is 268 Å². The largest absolute Gasteiger partial charge is 0.512 e. The number of carbonyl (C=O) groups excluding carboxylic acids is 1. The predicted molar refractivity (Wildman–Crippen MR) is 176 cm³/mol. The maximum atomic E-state index is 13.5. The van der Waals surface area contributed by atoms with Gasteiger partial charge < -0.3 is 15.1 Å². The fourth-order valence-electron chi connectivity index (χ4n) is 7.04. The number of rotatable bonds is 7. The van der Waals surface area contributed by atoms with Gasteiger partial charge in [-0.1, -0.05) is 54.7 Å². The second-order valence-electron chi connectivity index (χ2n) is 12.1. The van der Waals surface area contributed by atoms with E-state index in [1.165, 1.54) is 11.3 Å². The molecule has 5 aromatic rings. The molecule has 1 saturated carbocycles. The van der Waals surface area contributed by atoms with E-state index in [-0.39, 0.29) is 22.9 Å². The summed E-state index contributed by atoms with van der Waals surface area (Å²) in [6.45, 7) is 3.72. The topological polar surface area (TPSA) is 133 Å². The molecule has 3 N–H and O–H groups in total. The van der Waals surface area contributed by atoms with E-state index in [0.717, 1.165) is 26.9 Å². The van der Waals surface area contributed by atoms with E-state index in [4.69, 9.17) is 0 Å². The molecule has 2 aromatic carbocycles. The lowest BCUT2D eigenvalue weighted by molar-refractivity contribution is 0.0691. The zero-order chi connectivity index (χ0) is 31.6. The number of carboxylic acids is 1. The average Bonchev–Trinajstić information content (AvgIpc) is 3.35. The number of allylic oxidation sites excluding steroid dienone is 3. The van der Waals surface area contributed by atoms with Gasteiger partial charge in [0, 0.05) is 47.8 Å². The number of nitrogens with one attached hydrogen (secondary N) is 1. The molecule has 8 rings (SSSR count). The third-order valence-electron chi connectivity index (χ3n) is 9.47. The van der Waals surface area contributed by atoms with Gasteiger partial charge in [0.2, 0.25) is 0 Å². The summed E-state index contributed by atoms with van der Waals surface area (Å²) in [5.41, 5.74) is 5.28. The standard InChI is InChI=1S/C35H30N6O4S/c1-20-30-27(42)9-5-14-35(20,30)19-41-17-22(16-36-41)23-11-12-29(38-31(23)33(44)45)40-15-13-21-6-4-7-24(25(21)18-40)32(43)39-34-37-26-8-2-3-10-28(26)46-34/h2-8,10-12,14,16-17,20,42H,9,13,15,18-19H2,1H3,(H,44,45)(H,37,39,43). The van der Waals surface area contributed by atoms with Crippen molar-refractivity contribution < 1.29 is 19.8 Å². The van der Waals surface area contributed by atoms with E-state index < -0.39 is 5.97 Å². The van der Waals surface area contributed by atoms with Crippen molar-refractivity contribution in [2.24, 2.45) is 11.3 Å². The first-order valence-corrected chi connectivity index (χ1v) is 16.0. The van der Waals surface area contributed by atoms with Gasteiger partial charge >= 0.3 is 5.97 Å². The zero-order valence-corrected chi connectivity index (χ0v) is 25.8. The van der Waals surface area contributed by atoms with E-state index in [1.54, 1.807) is 12.3 Å². The van der Waals surface area contributed by atoms with Crippen LogP contribution in [0.15, 0.2) is 90.5 Å². The predicted octanol–water partition coefficient (Wildman–Crippen LogP) is 6.48. The van der Waals surface area contributed by atoms with Crippen LogP contribution in [0, 0.1) is 11.3 Å². The molecular weight excluding hydrogens is 600 g/mol. The maximum absolute atomic E-state index is 13.5. The number of pyridine rings is 1.